The second-order valence-corrected chi connectivity index (χ2v) is 5.75. The van der Waals surface area contributed by atoms with E-state index in [9.17, 15) is 0 Å². The molecule has 0 aliphatic carbocycles. The average molecular weight is 291 g/mol. The first-order valence-corrected chi connectivity index (χ1v) is 7.27. The second-order valence-electron chi connectivity index (χ2n) is 5.75. The van der Waals surface area contributed by atoms with Gasteiger partial charge in [-0.1, -0.05) is 5.21 Å². The van der Waals surface area contributed by atoms with Crippen molar-refractivity contribution in [2.45, 2.75) is 25.9 Å². The van der Waals surface area contributed by atoms with Crippen LogP contribution < -0.4 is 4.90 Å². The fourth-order valence-corrected chi connectivity index (χ4v) is 2.72. The molecule has 0 amide bonds. The highest BCUT2D eigenvalue weighted by molar-refractivity contribution is 5.23. The molecule has 2 aromatic heterocycles. The molecule has 8 nitrogen and oxygen atoms in total. The number of likely N-dealkylation sites (tertiary alicyclic amines) is 1. The van der Waals surface area contributed by atoms with Crippen LogP contribution in [0.15, 0.2) is 16.9 Å². The Hall–Kier alpha value is -1.96. The fourth-order valence-electron chi connectivity index (χ4n) is 2.72. The van der Waals surface area contributed by atoms with Crippen molar-refractivity contribution in [3.8, 4) is 0 Å². The highest BCUT2D eigenvalue weighted by Gasteiger charge is 2.22. The minimum atomic E-state index is 0.594. The van der Waals surface area contributed by atoms with Crippen LogP contribution in [0.1, 0.15) is 18.7 Å². The van der Waals surface area contributed by atoms with Crippen molar-refractivity contribution in [3.63, 3.8) is 0 Å². The Morgan fingerprint density at radius 2 is 2.33 bits per heavy atom. The van der Waals surface area contributed by atoms with Gasteiger partial charge in [0.2, 0.25) is 5.89 Å². The molecule has 2 aromatic rings. The zero-order chi connectivity index (χ0) is 14.7. The molecule has 21 heavy (non-hydrogen) atoms. The Morgan fingerprint density at radius 3 is 3.05 bits per heavy atom. The molecule has 3 rings (SSSR count). The zero-order valence-electron chi connectivity index (χ0n) is 12.5. The Kier molecular flexibility index (Phi) is 4.14. The molecule has 0 N–H and O–H groups in total. The molecule has 1 atom stereocenters. The van der Waals surface area contributed by atoms with E-state index in [-0.39, 0.29) is 0 Å². The predicted octanol–water partition coefficient (Wildman–Crippen LogP) is 0.639. The number of hydrogen-bond acceptors (Lipinski definition) is 7. The normalized spacial score (nSPS) is 19.8. The van der Waals surface area contributed by atoms with Crippen molar-refractivity contribution >= 4 is 5.95 Å². The van der Waals surface area contributed by atoms with Gasteiger partial charge in [-0.2, -0.15) is 4.98 Å². The van der Waals surface area contributed by atoms with Crippen molar-refractivity contribution in [1.82, 2.24) is 30.0 Å². The first-order chi connectivity index (χ1) is 10.2. The first-order valence-electron chi connectivity index (χ1n) is 7.27. The third-order valence-electron chi connectivity index (χ3n) is 3.74. The first kappa shape index (κ1) is 14.0. The largest absolute Gasteiger partial charge is 0.344 e. The summed E-state index contributed by atoms with van der Waals surface area (Å²) in [6, 6.07) is 0. The Balaban J connectivity index is 1.55. The van der Waals surface area contributed by atoms with Crippen molar-refractivity contribution < 1.29 is 4.52 Å². The molecule has 8 heteroatoms. The van der Waals surface area contributed by atoms with Crippen LogP contribution in [0.25, 0.3) is 0 Å². The van der Waals surface area contributed by atoms with E-state index in [2.05, 4.69) is 25.4 Å². The number of anilines is 1. The summed E-state index contributed by atoms with van der Waals surface area (Å²) in [6.07, 6.45) is 6.05. The van der Waals surface area contributed by atoms with Crippen LogP contribution >= 0.6 is 0 Å². The van der Waals surface area contributed by atoms with Gasteiger partial charge in [-0.3, -0.25) is 9.58 Å². The summed E-state index contributed by atoms with van der Waals surface area (Å²) in [4.78, 5) is 8.60. The number of rotatable bonds is 5. The van der Waals surface area contributed by atoms with E-state index >= 15 is 0 Å². The molecule has 0 spiro atoms. The van der Waals surface area contributed by atoms with Crippen molar-refractivity contribution in [2.24, 2.45) is 5.92 Å². The highest BCUT2D eigenvalue weighted by Crippen LogP contribution is 2.20. The summed E-state index contributed by atoms with van der Waals surface area (Å²) < 4.78 is 7.21. The molecule has 1 saturated heterocycles. The molecule has 0 saturated carbocycles. The van der Waals surface area contributed by atoms with Crippen molar-refractivity contribution in [3.05, 3.63) is 18.3 Å². The summed E-state index contributed by atoms with van der Waals surface area (Å²) in [5.74, 6) is 1.90. The Labute approximate surface area is 123 Å². The van der Waals surface area contributed by atoms with Crippen LogP contribution in [0.4, 0.5) is 5.95 Å². The van der Waals surface area contributed by atoms with E-state index in [4.69, 9.17) is 4.52 Å². The molecule has 3 heterocycles. The van der Waals surface area contributed by atoms with E-state index in [0.717, 1.165) is 19.6 Å². The summed E-state index contributed by atoms with van der Waals surface area (Å²) in [7, 11) is 3.81. The monoisotopic (exact) mass is 291 g/mol. The van der Waals surface area contributed by atoms with Crippen LogP contribution in [-0.2, 0) is 13.1 Å². The molecule has 0 radical (unpaired) electrons. The number of hydrogen-bond donors (Lipinski definition) is 0. The number of piperidine rings is 1. The van der Waals surface area contributed by atoms with Gasteiger partial charge in [0.25, 0.3) is 5.95 Å². The van der Waals surface area contributed by atoms with Gasteiger partial charge in [0.05, 0.1) is 12.7 Å². The van der Waals surface area contributed by atoms with E-state index in [1.807, 2.05) is 29.9 Å². The Morgan fingerprint density at radius 1 is 1.43 bits per heavy atom. The second kappa shape index (κ2) is 6.21. The lowest BCUT2D eigenvalue weighted by molar-refractivity contribution is 0.138. The molecule has 0 unspecified atom stereocenters. The summed E-state index contributed by atoms with van der Waals surface area (Å²) in [5.41, 5.74) is 0. The van der Waals surface area contributed by atoms with Gasteiger partial charge < -0.3 is 9.42 Å². The van der Waals surface area contributed by atoms with E-state index in [1.165, 1.54) is 12.8 Å². The van der Waals surface area contributed by atoms with Gasteiger partial charge >= 0.3 is 0 Å². The smallest absolute Gasteiger partial charge is 0.265 e. The Bertz CT molecular complexity index is 551. The fraction of sp³-hybridized carbons (Fsp3) is 0.692. The summed E-state index contributed by atoms with van der Waals surface area (Å²) in [5, 5.41) is 11.9. The number of nitrogens with zero attached hydrogens (tertiary/aromatic N) is 7. The average Bonchev–Trinajstić information content (AvgIpc) is 3.11. The van der Waals surface area contributed by atoms with Crippen LogP contribution in [0, 0.1) is 5.92 Å². The lowest BCUT2D eigenvalue weighted by Crippen LogP contribution is -2.36. The maximum Gasteiger partial charge on any atom is 0.265 e. The molecule has 1 fully saturated rings. The maximum atomic E-state index is 5.30. The van der Waals surface area contributed by atoms with Gasteiger partial charge in [-0.05, 0) is 30.5 Å². The topological polar surface area (TPSA) is 76.1 Å². The molecule has 1 aliphatic rings. The van der Waals surface area contributed by atoms with E-state index < -0.39 is 0 Å². The van der Waals surface area contributed by atoms with E-state index in [0.29, 0.717) is 24.3 Å². The van der Waals surface area contributed by atoms with Gasteiger partial charge in [-0.15, -0.1) is 5.10 Å². The standard InChI is InChI=1S/C13H21N7O/c1-18(2)13-15-12(21-16-13)10-19-6-3-4-11(8-19)9-20-7-5-14-17-20/h5,7,11H,3-4,6,8-10H2,1-2H3/t11-/m0/s1. The van der Waals surface area contributed by atoms with Gasteiger partial charge in [0.1, 0.15) is 0 Å². The van der Waals surface area contributed by atoms with E-state index in [1.54, 1.807) is 6.20 Å². The predicted molar refractivity (Wildman–Crippen MR) is 76.6 cm³/mol. The maximum absolute atomic E-state index is 5.30. The minimum absolute atomic E-state index is 0.594. The lowest BCUT2D eigenvalue weighted by Gasteiger charge is -2.31. The van der Waals surface area contributed by atoms with Crippen molar-refractivity contribution in [2.75, 3.05) is 32.1 Å². The molecule has 0 aromatic carbocycles. The summed E-state index contributed by atoms with van der Waals surface area (Å²) >= 11 is 0. The zero-order valence-corrected chi connectivity index (χ0v) is 12.5. The molecular weight excluding hydrogens is 270 g/mol. The molecule has 1 aliphatic heterocycles. The SMILES string of the molecule is CN(C)c1noc(CN2CCC[C@H](Cn3ccnn3)C2)n1. The quantitative estimate of drug-likeness (QED) is 0.800. The van der Waals surface area contributed by atoms with Gasteiger partial charge in [-0.25, -0.2) is 0 Å². The van der Waals surface area contributed by atoms with Gasteiger partial charge in [0, 0.05) is 33.4 Å². The highest BCUT2D eigenvalue weighted by atomic mass is 16.5. The molecular formula is C13H21N7O. The molecule has 114 valence electrons. The minimum Gasteiger partial charge on any atom is -0.344 e. The van der Waals surface area contributed by atoms with Crippen LogP contribution in [0.5, 0.6) is 0 Å². The van der Waals surface area contributed by atoms with Gasteiger partial charge in [0.15, 0.2) is 0 Å². The summed E-state index contributed by atoms with van der Waals surface area (Å²) in [6.45, 7) is 3.74. The molecule has 0 bridgehead atoms. The van der Waals surface area contributed by atoms with Crippen LogP contribution in [0.2, 0.25) is 0 Å². The van der Waals surface area contributed by atoms with Crippen LogP contribution in [-0.4, -0.2) is 57.2 Å². The third-order valence-corrected chi connectivity index (χ3v) is 3.74. The number of aromatic nitrogens is 5. The van der Waals surface area contributed by atoms with Crippen LogP contribution in [0.3, 0.4) is 0 Å². The lowest BCUT2D eigenvalue weighted by atomic mass is 9.98. The third kappa shape index (κ3) is 3.57. The van der Waals surface area contributed by atoms with Crippen molar-refractivity contribution in [1.29, 1.82) is 0 Å².